The summed E-state index contributed by atoms with van der Waals surface area (Å²) in [5, 5.41) is 2.75. The van der Waals surface area contributed by atoms with E-state index in [9.17, 15) is 4.79 Å². The first-order valence-electron chi connectivity index (χ1n) is 11.1. The van der Waals surface area contributed by atoms with Gasteiger partial charge in [0.15, 0.2) is 0 Å². The molecule has 0 aliphatic heterocycles. The summed E-state index contributed by atoms with van der Waals surface area (Å²) in [4.78, 5) is 11.2. The van der Waals surface area contributed by atoms with Crippen molar-refractivity contribution in [2.75, 3.05) is 11.1 Å². The van der Waals surface area contributed by atoms with Crippen LogP contribution in [-0.4, -0.2) is 5.91 Å². The van der Waals surface area contributed by atoms with Gasteiger partial charge in [0.25, 0.3) is 0 Å². The molecule has 0 fully saturated rings. The van der Waals surface area contributed by atoms with Crippen molar-refractivity contribution in [3.8, 4) is 23.0 Å². The monoisotopic (exact) mass is 452 g/mol. The Balaban J connectivity index is 1.42. The summed E-state index contributed by atoms with van der Waals surface area (Å²) < 4.78 is 11.9. The third-order valence-corrected chi connectivity index (χ3v) is 5.68. The van der Waals surface area contributed by atoms with Crippen LogP contribution in [0.5, 0.6) is 23.0 Å². The summed E-state index contributed by atoms with van der Waals surface area (Å²) in [5.41, 5.74) is 9.34. The molecule has 0 radical (unpaired) electrons. The summed E-state index contributed by atoms with van der Waals surface area (Å²) in [7, 11) is 0. The van der Waals surface area contributed by atoms with Crippen molar-refractivity contribution in [1.29, 1.82) is 0 Å². The molecule has 0 heterocycles. The molecule has 34 heavy (non-hydrogen) atoms. The fourth-order valence-corrected chi connectivity index (χ4v) is 3.66. The maximum absolute atomic E-state index is 11.2. The zero-order valence-electron chi connectivity index (χ0n) is 19.5. The average Bonchev–Trinajstić information content (AvgIpc) is 2.82. The highest BCUT2D eigenvalue weighted by molar-refractivity contribution is 5.88. The summed E-state index contributed by atoms with van der Waals surface area (Å²) in [6.07, 6.45) is 0. The molecule has 172 valence electrons. The Bertz CT molecular complexity index is 1250. The molecule has 5 nitrogen and oxygen atoms in total. The van der Waals surface area contributed by atoms with Gasteiger partial charge in [-0.2, -0.15) is 0 Å². The lowest BCUT2D eigenvalue weighted by atomic mass is 9.78. The topological polar surface area (TPSA) is 73.6 Å². The van der Waals surface area contributed by atoms with Gasteiger partial charge >= 0.3 is 0 Å². The van der Waals surface area contributed by atoms with Crippen molar-refractivity contribution >= 4 is 17.3 Å². The van der Waals surface area contributed by atoms with Gasteiger partial charge in [0.1, 0.15) is 23.0 Å². The molecule has 0 bridgehead atoms. The molecule has 5 heteroatoms. The normalized spacial score (nSPS) is 11.0. The predicted octanol–water partition coefficient (Wildman–Crippen LogP) is 7.14. The van der Waals surface area contributed by atoms with Gasteiger partial charge in [-0.3, -0.25) is 4.79 Å². The molecule has 0 aromatic heterocycles. The predicted molar refractivity (Wildman–Crippen MR) is 137 cm³/mol. The highest BCUT2D eigenvalue weighted by Gasteiger charge is 2.23. The van der Waals surface area contributed by atoms with Crippen LogP contribution in [-0.2, 0) is 10.2 Å². The number of carbonyl (C=O) groups is 1. The van der Waals surface area contributed by atoms with Gasteiger partial charge in [0.2, 0.25) is 5.91 Å². The zero-order chi connectivity index (χ0) is 24.1. The van der Waals surface area contributed by atoms with E-state index in [1.54, 1.807) is 0 Å². The van der Waals surface area contributed by atoms with E-state index in [1.165, 1.54) is 18.1 Å². The summed E-state index contributed by atoms with van der Waals surface area (Å²) >= 11 is 0. The number of nitrogens with two attached hydrogens (primary N) is 1. The quantitative estimate of drug-likeness (QED) is 0.292. The van der Waals surface area contributed by atoms with Gasteiger partial charge in [-0.15, -0.1) is 0 Å². The molecule has 4 aromatic carbocycles. The van der Waals surface area contributed by atoms with Crippen LogP contribution >= 0.6 is 0 Å². The number of amides is 1. The first kappa shape index (κ1) is 22.9. The molecule has 0 saturated carbocycles. The second kappa shape index (κ2) is 9.71. The van der Waals surface area contributed by atoms with Gasteiger partial charge < -0.3 is 20.5 Å². The fraction of sp³-hybridized carbons (Fsp3) is 0.138. The smallest absolute Gasteiger partial charge is 0.221 e. The second-order valence-electron chi connectivity index (χ2n) is 8.65. The molecule has 0 saturated heterocycles. The molecular weight excluding hydrogens is 424 g/mol. The lowest BCUT2D eigenvalue weighted by Crippen LogP contribution is -2.18. The standard InChI is InChI=1S/C29H28N2O3/c1-20(32)31-24-10-18-28(19-11-24)34-26-14-6-22(7-15-26)29(2,3)21-4-12-25(13-5-21)33-27-16-8-23(30)9-17-27/h4-19H,30H2,1-3H3,(H,31,32). The van der Waals surface area contributed by atoms with Crippen LogP contribution in [0.25, 0.3) is 0 Å². The van der Waals surface area contributed by atoms with E-state index in [0.717, 1.165) is 22.9 Å². The Labute approximate surface area is 200 Å². The average molecular weight is 453 g/mol. The first-order valence-corrected chi connectivity index (χ1v) is 11.1. The maximum atomic E-state index is 11.2. The number of rotatable bonds is 7. The number of ether oxygens (including phenoxy) is 2. The van der Waals surface area contributed by atoms with E-state index in [2.05, 4.69) is 43.4 Å². The summed E-state index contributed by atoms with van der Waals surface area (Å²) in [6, 6.07) is 30.9. The molecule has 4 rings (SSSR count). The number of benzene rings is 4. The minimum Gasteiger partial charge on any atom is -0.457 e. The molecule has 3 N–H and O–H groups in total. The van der Waals surface area contributed by atoms with Crippen molar-refractivity contribution < 1.29 is 14.3 Å². The largest absolute Gasteiger partial charge is 0.457 e. The van der Waals surface area contributed by atoms with E-state index in [4.69, 9.17) is 15.2 Å². The Kier molecular flexibility index (Phi) is 6.55. The summed E-state index contributed by atoms with van der Waals surface area (Å²) in [6.45, 7) is 5.87. The number of hydrogen-bond donors (Lipinski definition) is 2. The highest BCUT2D eigenvalue weighted by Crippen LogP contribution is 2.34. The van der Waals surface area contributed by atoms with Gasteiger partial charge in [-0.1, -0.05) is 38.1 Å². The van der Waals surface area contributed by atoms with Crippen molar-refractivity contribution in [1.82, 2.24) is 0 Å². The number of hydrogen-bond acceptors (Lipinski definition) is 4. The number of anilines is 2. The van der Waals surface area contributed by atoms with Crippen LogP contribution in [0, 0.1) is 0 Å². The zero-order valence-corrected chi connectivity index (χ0v) is 19.5. The van der Waals surface area contributed by atoms with E-state index >= 15 is 0 Å². The summed E-state index contributed by atoms with van der Waals surface area (Å²) in [5.74, 6) is 2.88. The van der Waals surface area contributed by atoms with Crippen molar-refractivity contribution in [3.63, 3.8) is 0 Å². The molecular formula is C29H28N2O3. The molecule has 0 spiro atoms. The molecule has 0 atom stereocenters. The Hall–Kier alpha value is -4.25. The minimum absolute atomic E-state index is 0.101. The Morgan fingerprint density at radius 3 is 1.38 bits per heavy atom. The first-order chi connectivity index (χ1) is 16.3. The lowest BCUT2D eigenvalue weighted by molar-refractivity contribution is -0.114. The van der Waals surface area contributed by atoms with Crippen LogP contribution in [0.4, 0.5) is 11.4 Å². The maximum Gasteiger partial charge on any atom is 0.221 e. The van der Waals surface area contributed by atoms with Gasteiger partial charge in [-0.05, 0) is 83.9 Å². The van der Waals surface area contributed by atoms with Crippen LogP contribution in [0.2, 0.25) is 0 Å². The minimum atomic E-state index is -0.196. The van der Waals surface area contributed by atoms with Crippen molar-refractivity contribution in [2.45, 2.75) is 26.2 Å². The van der Waals surface area contributed by atoms with Gasteiger partial charge in [-0.25, -0.2) is 0 Å². The Morgan fingerprint density at radius 2 is 1.00 bits per heavy atom. The lowest BCUT2D eigenvalue weighted by Gasteiger charge is -2.26. The fourth-order valence-electron chi connectivity index (χ4n) is 3.66. The van der Waals surface area contributed by atoms with Gasteiger partial charge in [0.05, 0.1) is 0 Å². The molecule has 0 aliphatic carbocycles. The number of nitrogen functional groups attached to an aromatic ring is 1. The third-order valence-electron chi connectivity index (χ3n) is 5.68. The van der Waals surface area contributed by atoms with Crippen LogP contribution in [0.15, 0.2) is 97.1 Å². The Morgan fingerprint density at radius 1 is 0.647 bits per heavy atom. The molecule has 0 unspecified atom stereocenters. The second-order valence-corrected chi connectivity index (χ2v) is 8.65. The van der Waals surface area contributed by atoms with Crippen LogP contribution < -0.4 is 20.5 Å². The SMILES string of the molecule is CC(=O)Nc1ccc(Oc2ccc(C(C)(C)c3ccc(Oc4ccc(N)cc4)cc3)cc2)cc1. The van der Waals surface area contributed by atoms with Crippen LogP contribution in [0.1, 0.15) is 31.9 Å². The third kappa shape index (κ3) is 5.56. The van der Waals surface area contributed by atoms with Gasteiger partial charge in [0, 0.05) is 23.7 Å². The van der Waals surface area contributed by atoms with Crippen molar-refractivity contribution in [3.05, 3.63) is 108 Å². The molecule has 1 amide bonds. The van der Waals surface area contributed by atoms with E-state index in [1.807, 2.05) is 72.8 Å². The van der Waals surface area contributed by atoms with Crippen LogP contribution in [0.3, 0.4) is 0 Å². The van der Waals surface area contributed by atoms with E-state index in [-0.39, 0.29) is 11.3 Å². The van der Waals surface area contributed by atoms with E-state index in [0.29, 0.717) is 11.4 Å². The highest BCUT2D eigenvalue weighted by atomic mass is 16.5. The van der Waals surface area contributed by atoms with E-state index < -0.39 is 0 Å². The molecule has 0 aliphatic rings. The van der Waals surface area contributed by atoms with Crippen molar-refractivity contribution in [2.24, 2.45) is 0 Å². The molecule has 4 aromatic rings. The number of nitrogens with one attached hydrogen (secondary N) is 1. The number of carbonyl (C=O) groups excluding carboxylic acids is 1.